The van der Waals surface area contributed by atoms with Crippen LogP contribution in [0.5, 0.6) is 0 Å². The SMILES string of the molecule is CC(C)CCOC1CCN(C(=O)c2n[nH]c3c2CNCC3)CC1.Cl. The van der Waals surface area contributed by atoms with E-state index in [4.69, 9.17) is 4.74 Å². The molecule has 0 spiro atoms. The number of nitrogens with zero attached hydrogens (tertiary/aromatic N) is 2. The van der Waals surface area contributed by atoms with Crippen molar-refractivity contribution >= 4 is 18.3 Å². The Morgan fingerprint density at radius 3 is 2.83 bits per heavy atom. The van der Waals surface area contributed by atoms with E-state index in [1.54, 1.807) is 0 Å². The summed E-state index contributed by atoms with van der Waals surface area (Å²) in [6.07, 6.45) is 4.17. The van der Waals surface area contributed by atoms with E-state index in [1.807, 2.05) is 4.90 Å². The van der Waals surface area contributed by atoms with Gasteiger partial charge in [0.15, 0.2) is 5.69 Å². The van der Waals surface area contributed by atoms with E-state index in [-0.39, 0.29) is 18.3 Å². The first kappa shape index (κ1) is 19.2. The molecule has 24 heavy (non-hydrogen) atoms. The fourth-order valence-electron chi connectivity index (χ4n) is 3.25. The van der Waals surface area contributed by atoms with Crippen LogP contribution in [0.1, 0.15) is 54.9 Å². The first-order chi connectivity index (χ1) is 11.1. The zero-order valence-electron chi connectivity index (χ0n) is 14.6. The number of H-pyrrole nitrogens is 1. The average molecular weight is 357 g/mol. The fraction of sp³-hybridized carbons (Fsp3) is 0.765. The van der Waals surface area contributed by atoms with Gasteiger partial charge in [0.05, 0.1) is 6.10 Å². The van der Waals surface area contributed by atoms with Crippen LogP contribution in [0.25, 0.3) is 0 Å². The van der Waals surface area contributed by atoms with Crippen molar-refractivity contribution in [2.75, 3.05) is 26.2 Å². The Labute approximate surface area is 150 Å². The molecule has 1 aromatic rings. The number of aromatic amines is 1. The molecule has 0 radical (unpaired) electrons. The molecule has 0 aromatic carbocycles. The molecular weight excluding hydrogens is 328 g/mol. The number of fused-ring (bicyclic) bond motifs is 1. The summed E-state index contributed by atoms with van der Waals surface area (Å²) >= 11 is 0. The zero-order valence-corrected chi connectivity index (χ0v) is 15.5. The maximum absolute atomic E-state index is 12.7. The predicted octanol–water partition coefficient (Wildman–Crippen LogP) is 2.14. The van der Waals surface area contributed by atoms with Gasteiger partial charge in [-0.3, -0.25) is 9.89 Å². The molecule has 0 unspecified atom stereocenters. The number of likely N-dealkylation sites (tertiary alicyclic amines) is 1. The quantitative estimate of drug-likeness (QED) is 0.848. The molecule has 0 atom stereocenters. The lowest BCUT2D eigenvalue weighted by Gasteiger charge is -2.32. The van der Waals surface area contributed by atoms with Crippen LogP contribution in [0.2, 0.25) is 0 Å². The summed E-state index contributed by atoms with van der Waals surface area (Å²) in [4.78, 5) is 14.6. The molecule has 0 aliphatic carbocycles. The summed E-state index contributed by atoms with van der Waals surface area (Å²) < 4.78 is 5.93. The first-order valence-electron chi connectivity index (χ1n) is 8.83. The van der Waals surface area contributed by atoms with Gasteiger partial charge in [0, 0.05) is 50.5 Å². The van der Waals surface area contributed by atoms with E-state index < -0.39 is 0 Å². The Hall–Kier alpha value is -1.11. The number of aromatic nitrogens is 2. The highest BCUT2D eigenvalue weighted by molar-refractivity contribution is 5.94. The molecule has 1 saturated heterocycles. The highest BCUT2D eigenvalue weighted by Gasteiger charge is 2.28. The summed E-state index contributed by atoms with van der Waals surface area (Å²) in [5, 5.41) is 10.6. The van der Waals surface area contributed by atoms with Crippen LogP contribution in [0.15, 0.2) is 0 Å². The number of rotatable bonds is 5. The summed E-state index contributed by atoms with van der Waals surface area (Å²) in [6, 6.07) is 0. The third kappa shape index (κ3) is 4.49. The van der Waals surface area contributed by atoms with Gasteiger partial charge in [0.1, 0.15) is 0 Å². The van der Waals surface area contributed by atoms with Crippen molar-refractivity contribution in [3.8, 4) is 0 Å². The number of carbonyl (C=O) groups is 1. The molecule has 136 valence electrons. The van der Waals surface area contributed by atoms with E-state index in [9.17, 15) is 4.79 Å². The van der Waals surface area contributed by atoms with Gasteiger partial charge in [0.2, 0.25) is 0 Å². The monoisotopic (exact) mass is 356 g/mol. The lowest BCUT2D eigenvalue weighted by molar-refractivity contribution is 0.00467. The molecule has 0 bridgehead atoms. The number of amides is 1. The van der Waals surface area contributed by atoms with Gasteiger partial charge in [-0.05, 0) is 25.2 Å². The van der Waals surface area contributed by atoms with Crippen LogP contribution >= 0.6 is 12.4 Å². The molecule has 6 nitrogen and oxygen atoms in total. The van der Waals surface area contributed by atoms with Gasteiger partial charge < -0.3 is 15.0 Å². The Bertz CT molecular complexity index is 539. The summed E-state index contributed by atoms with van der Waals surface area (Å²) in [5.74, 6) is 0.739. The number of hydrogen-bond donors (Lipinski definition) is 2. The second-order valence-electron chi connectivity index (χ2n) is 7.00. The molecule has 2 aliphatic rings. The molecule has 1 amide bonds. The molecule has 3 rings (SSSR count). The van der Waals surface area contributed by atoms with E-state index in [0.29, 0.717) is 17.7 Å². The van der Waals surface area contributed by atoms with Gasteiger partial charge in [-0.2, -0.15) is 5.10 Å². The number of hydrogen-bond acceptors (Lipinski definition) is 4. The number of ether oxygens (including phenoxy) is 1. The standard InChI is InChI=1S/C17H28N4O2.ClH/c1-12(2)6-10-23-13-4-8-21(9-5-13)17(22)16-14-11-18-7-3-15(14)19-20-16;/h12-13,18H,3-11H2,1-2H3,(H,19,20);1H. The fourth-order valence-corrected chi connectivity index (χ4v) is 3.25. The highest BCUT2D eigenvalue weighted by atomic mass is 35.5. The second kappa shape index (κ2) is 8.83. The third-order valence-corrected chi connectivity index (χ3v) is 4.79. The maximum Gasteiger partial charge on any atom is 0.274 e. The molecule has 2 N–H and O–H groups in total. The number of carbonyl (C=O) groups excluding carboxylic acids is 1. The summed E-state index contributed by atoms with van der Waals surface area (Å²) in [6.45, 7) is 8.47. The van der Waals surface area contributed by atoms with Crippen molar-refractivity contribution in [1.82, 2.24) is 20.4 Å². The second-order valence-corrected chi connectivity index (χ2v) is 7.00. The Morgan fingerprint density at radius 1 is 1.38 bits per heavy atom. The number of nitrogens with one attached hydrogen (secondary N) is 2. The Balaban J connectivity index is 0.00000208. The molecule has 0 saturated carbocycles. The normalized spacial score (nSPS) is 18.4. The largest absolute Gasteiger partial charge is 0.378 e. The van der Waals surface area contributed by atoms with Gasteiger partial charge in [0.25, 0.3) is 5.91 Å². The van der Waals surface area contributed by atoms with Gasteiger partial charge in [-0.15, -0.1) is 12.4 Å². The van der Waals surface area contributed by atoms with Crippen molar-refractivity contribution in [2.45, 2.75) is 52.2 Å². The lowest BCUT2D eigenvalue weighted by Crippen LogP contribution is -2.41. The Morgan fingerprint density at radius 2 is 2.12 bits per heavy atom. The van der Waals surface area contributed by atoms with Crippen LogP contribution in [0, 0.1) is 5.92 Å². The first-order valence-corrected chi connectivity index (χ1v) is 8.83. The van der Waals surface area contributed by atoms with E-state index in [0.717, 1.165) is 69.7 Å². The van der Waals surface area contributed by atoms with Crippen LogP contribution < -0.4 is 5.32 Å². The summed E-state index contributed by atoms with van der Waals surface area (Å²) in [5.41, 5.74) is 2.77. The third-order valence-electron chi connectivity index (χ3n) is 4.79. The van der Waals surface area contributed by atoms with Gasteiger partial charge in [-0.1, -0.05) is 13.8 Å². The minimum absolute atomic E-state index is 0. The smallest absolute Gasteiger partial charge is 0.274 e. The summed E-state index contributed by atoms with van der Waals surface area (Å²) in [7, 11) is 0. The van der Waals surface area contributed by atoms with Gasteiger partial charge >= 0.3 is 0 Å². The van der Waals surface area contributed by atoms with Crippen LogP contribution in [0.3, 0.4) is 0 Å². The molecule has 1 aromatic heterocycles. The minimum Gasteiger partial charge on any atom is -0.378 e. The topological polar surface area (TPSA) is 70.2 Å². The van der Waals surface area contributed by atoms with E-state index in [1.165, 1.54) is 0 Å². The molecule has 2 aliphatic heterocycles. The van der Waals surface area contributed by atoms with E-state index in [2.05, 4.69) is 29.4 Å². The molecule has 7 heteroatoms. The average Bonchev–Trinajstić information content (AvgIpc) is 2.98. The van der Waals surface area contributed by atoms with E-state index >= 15 is 0 Å². The lowest BCUT2D eigenvalue weighted by atomic mass is 10.0. The minimum atomic E-state index is 0. The predicted molar refractivity (Wildman–Crippen MR) is 95.6 cm³/mol. The van der Waals surface area contributed by atoms with Crippen molar-refractivity contribution in [3.05, 3.63) is 17.0 Å². The van der Waals surface area contributed by atoms with Crippen LogP contribution in [0.4, 0.5) is 0 Å². The highest BCUT2D eigenvalue weighted by Crippen LogP contribution is 2.20. The Kier molecular flexibility index (Phi) is 7.07. The number of halogens is 1. The molecule has 3 heterocycles. The van der Waals surface area contributed by atoms with Crippen LogP contribution in [-0.4, -0.2) is 53.3 Å². The van der Waals surface area contributed by atoms with Gasteiger partial charge in [-0.25, -0.2) is 0 Å². The zero-order chi connectivity index (χ0) is 16.2. The van der Waals surface area contributed by atoms with Crippen molar-refractivity contribution in [1.29, 1.82) is 0 Å². The van der Waals surface area contributed by atoms with Crippen molar-refractivity contribution < 1.29 is 9.53 Å². The number of piperidine rings is 1. The van der Waals surface area contributed by atoms with Crippen LogP contribution in [-0.2, 0) is 17.7 Å². The maximum atomic E-state index is 12.7. The van der Waals surface area contributed by atoms with Crippen molar-refractivity contribution in [2.24, 2.45) is 5.92 Å². The molecule has 1 fully saturated rings. The van der Waals surface area contributed by atoms with Crippen molar-refractivity contribution in [3.63, 3.8) is 0 Å². The molecular formula is C17H29ClN4O2.